The van der Waals surface area contributed by atoms with E-state index in [0.717, 1.165) is 0 Å². The summed E-state index contributed by atoms with van der Waals surface area (Å²) >= 11 is 0. The van der Waals surface area contributed by atoms with E-state index in [4.69, 9.17) is 4.74 Å². The van der Waals surface area contributed by atoms with Crippen molar-refractivity contribution in [2.45, 2.75) is 38.3 Å². The van der Waals surface area contributed by atoms with Gasteiger partial charge in [0, 0.05) is 24.7 Å². The van der Waals surface area contributed by atoms with Crippen molar-refractivity contribution in [1.82, 2.24) is 15.1 Å². The van der Waals surface area contributed by atoms with Gasteiger partial charge in [0.2, 0.25) is 0 Å². The van der Waals surface area contributed by atoms with Crippen molar-refractivity contribution in [3.8, 4) is 5.75 Å². The van der Waals surface area contributed by atoms with Crippen LogP contribution >= 0.6 is 0 Å². The van der Waals surface area contributed by atoms with Gasteiger partial charge in [0.25, 0.3) is 11.8 Å². The smallest absolute Gasteiger partial charge is 0.325 e. The van der Waals surface area contributed by atoms with Gasteiger partial charge in [-0.25, -0.2) is 4.79 Å². The number of hydrogen-bond acceptors (Lipinski definition) is 4. The van der Waals surface area contributed by atoms with Crippen LogP contribution in [0.2, 0.25) is 0 Å². The summed E-state index contributed by atoms with van der Waals surface area (Å²) in [7, 11) is 1.56. The fourth-order valence-electron chi connectivity index (χ4n) is 3.48. The SMILES string of the molecule is COc1cccc(C(=O)N2CCC3(CC2)NC(=O)N(C(C)C)C3=O)c1. The van der Waals surface area contributed by atoms with Gasteiger partial charge in [-0.15, -0.1) is 0 Å². The first-order valence-corrected chi connectivity index (χ1v) is 8.47. The largest absolute Gasteiger partial charge is 0.497 e. The monoisotopic (exact) mass is 345 g/mol. The molecule has 0 saturated carbocycles. The number of benzene rings is 1. The third-order valence-corrected chi connectivity index (χ3v) is 4.93. The maximum Gasteiger partial charge on any atom is 0.325 e. The Bertz CT molecular complexity index is 708. The number of piperidine rings is 1. The van der Waals surface area contributed by atoms with Gasteiger partial charge >= 0.3 is 6.03 Å². The Balaban J connectivity index is 1.70. The molecule has 2 saturated heterocycles. The highest BCUT2D eigenvalue weighted by Crippen LogP contribution is 2.31. The van der Waals surface area contributed by atoms with Crippen LogP contribution in [0.4, 0.5) is 4.79 Å². The summed E-state index contributed by atoms with van der Waals surface area (Å²) in [6.45, 7) is 4.48. The number of ether oxygens (including phenoxy) is 1. The number of likely N-dealkylation sites (tertiary alicyclic amines) is 1. The molecule has 0 atom stereocenters. The Morgan fingerprint density at radius 2 is 1.92 bits per heavy atom. The second-order valence-electron chi connectivity index (χ2n) is 6.81. The Morgan fingerprint density at radius 3 is 2.48 bits per heavy atom. The molecule has 0 radical (unpaired) electrons. The van der Waals surface area contributed by atoms with E-state index in [0.29, 0.717) is 37.2 Å². The average Bonchev–Trinajstić information content (AvgIpc) is 2.85. The summed E-state index contributed by atoms with van der Waals surface area (Å²) < 4.78 is 5.16. The van der Waals surface area contributed by atoms with Crippen LogP contribution in [-0.4, -0.2) is 59.4 Å². The molecule has 134 valence electrons. The van der Waals surface area contributed by atoms with Crippen molar-refractivity contribution in [2.24, 2.45) is 0 Å². The lowest BCUT2D eigenvalue weighted by atomic mass is 9.87. The average molecular weight is 345 g/mol. The molecule has 1 aromatic carbocycles. The fourth-order valence-corrected chi connectivity index (χ4v) is 3.48. The number of rotatable bonds is 3. The number of carbonyl (C=O) groups excluding carboxylic acids is 3. The van der Waals surface area contributed by atoms with Crippen molar-refractivity contribution < 1.29 is 19.1 Å². The molecule has 1 spiro atoms. The summed E-state index contributed by atoms with van der Waals surface area (Å²) in [6.07, 6.45) is 0.854. The predicted octanol–water partition coefficient (Wildman–Crippen LogP) is 1.63. The fraction of sp³-hybridized carbons (Fsp3) is 0.500. The van der Waals surface area contributed by atoms with Gasteiger partial charge in [-0.3, -0.25) is 14.5 Å². The van der Waals surface area contributed by atoms with Gasteiger partial charge in [-0.1, -0.05) is 6.07 Å². The summed E-state index contributed by atoms with van der Waals surface area (Å²) in [5.74, 6) is 0.359. The van der Waals surface area contributed by atoms with Gasteiger partial charge < -0.3 is 15.0 Å². The minimum atomic E-state index is -0.869. The van der Waals surface area contributed by atoms with E-state index >= 15 is 0 Å². The summed E-state index contributed by atoms with van der Waals surface area (Å²) in [5, 5.41) is 2.85. The second kappa shape index (κ2) is 6.38. The van der Waals surface area contributed by atoms with Crippen LogP contribution in [0.15, 0.2) is 24.3 Å². The minimum absolute atomic E-state index is 0.0914. The molecular weight excluding hydrogens is 322 g/mol. The Labute approximate surface area is 146 Å². The molecule has 0 aliphatic carbocycles. The molecule has 3 rings (SSSR count). The minimum Gasteiger partial charge on any atom is -0.497 e. The van der Waals surface area contributed by atoms with E-state index in [-0.39, 0.29) is 23.9 Å². The van der Waals surface area contributed by atoms with E-state index in [1.807, 2.05) is 13.8 Å². The maximum absolute atomic E-state index is 12.7. The molecule has 1 aromatic rings. The number of nitrogens with zero attached hydrogens (tertiary/aromatic N) is 2. The van der Waals surface area contributed by atoms with E-state index in [2.05, 4.69) is 5.32 Å². The topological polar surface area (TPSA) is 79.0 Å². The summed E-state index contributed by atoms with van der Waals surface area (Å²) in [4.78, 5) is 40.5. The van der Waals surface area contributed by atoms with E-state index in [1.165, 1.54) is 4.90 Å². The van der Waals surface area contributed by atoms with Gasteiger partial charge in [-0.2, -0.15) is 0 Å². The first kappa shape index (κ1) is 17.3. The van der Waals surface area contributed by atoms with Crippen LogP contribution < -0.4 is 10.1 Å². The van der Waals surface area contributed by atoms with Crippen LogP contribution in [0.3, 0.4) is 0 Å². The van der Waals surface area contributed by atoms with E-state index in [9.17, 15) is 14.4 Å². The maximum atomic E-state index is 12.7. The Morgan fingerprint density at radius 1 is 1.24 bits per heavy atom. The number of hydrogen-bond donors (Lipinski definition) is 1. The highest BCUT2D eigenvalue weighted by Gasteiger charge is 2.53. The van der Waals surface area contributed by atoms with Crippen molar-refractivity contribution >= 4 is 17.8 Å². The Hall–Kier alpha value is -2.57. The molecule has 0 unspecified atom stereocenters. The van der Waals surface area contributed by atoms with Crippen molar-refractivity contribution in [3.63, 3.8) is 0 Å². The number of urea groups is 1. The van der Waals surface area contributed by atoms with Gasteiger partial charge in [0.05, 0.1) is 7.11 Å². The lowest BCUT2D eigenvalue weighted by Crippen LogP contribution is -2.56. The highest BCUT2D eigenvalue weighted by molar-refractivity contribution is 6.07. The molecule has 1 N–H and O–H groups in total. The van der Waals surface area contributed by atoms with Gasteiger partial charge in [-0.05, 0) is 44.9 Å². The number of amides is 4. The zero-order valence-corrected chi connectivity index (χ0v) is 14.7. The normalized spacial score (nSPS) is 19.5. The standard InChI is InChI=1S/C18H23N3O4/c1-12(2)21-16(23)18(19-17(21)24)7-9-20(10-8-18)15(22)13-5-4-6-14(11-13)25-3/h4-6,11-12H,7-10H2,1-3H3,(H,19,24). The second-order valence-corrected chi connectivity index (χ2v) is 6.81. The number of methoxy groups -OCH3 is 1. The molecule has 25 heavy (non-hydrogen) atoms. The molecule has 2 aliphatic heterocycles. The zero-order valence-electron chi connectivity index (χ0n) is 14.7. The van der Waals surface area contributed by atoms with Crippen LogP contribution in [0, 0.1) is 0 Å². The Kier molecular flexibility index (Phi) is 4.41. The number of imide groups is 1. The van der Waals surface area contributed by atoms with Crippen LogP contribution in [0.5, 0.6) is 5.75 Å². The molecule has 0 bridgehead atoms. The molecule has 2 aliphatic rings. The third kappa shape index (κ3) is 2.94. The molecular formula is C18H23N3O4. The zero-order chi connectivity index (χ0) is 18.2. The first-order valence-electron chi connectivity index (χ1n) is 8.47. The summed E-state index contributed by atoms with van der Waals surface area (Å²) in [5.41, 5.74) is -0.312. The molecule has 7 nitrogen and oxygen atoms in total. The van der Waals surface area contributed by atoms with Crippen LogP contribution in [0.1, 0.15) is 37.0 Å². The highest BCUT2D eigenvalue weighted by atomic mass is 16.5. The molecule has 4 amide bonds. The molecule has 7 heteroatoms. The third-order valence-electron chi connectivity index (χ3n) is 4.93. The molecule has 2 fully saturated rings. The van der Waals surface area contributed by atoms with Crippen LogP contribution in [0.25, 0.3) is 0 Å². The van der Waals surface area contributed by atoms with Crippen molar-refractivity contribution in [2.75, 3.05) is 20.2 Å². The lowest BCUT2D eigenvalue weighted by Gasteiger charge is -2.37. The van der Waals surface area contributed by atoms with E-state index < -0.39 is 5.54 Å². The van der Waals surface area contributed by atoms with E-state index in [1.54, 1.807) is 36.3 Å². The van der Waals surface area contributed by atoms with Crippen LogP contribution in [-0.2, 0) is 4.79 Å². The number of nitrogens with one attached hydrogen (secondary N) is 1. The molecule has 2 heterocycles. The van der Waals surface area contributed by atoms with Gasteiger partial charge in [0.1, 0.15) is 11.3 Å². The van der Waals surface area contributed by atoms with Gasteiger partial charge in [0.15, 0.2) is 0 Å². The van der Waals surface area contributed by atoms with Crippen molar-refractivity contribution in [1.29, 1.82) is 0 Å². The van der Waals surface area contributed by atoms with Crippen molar-refractivity contribution in [3.05, 3.63) is 29.8 Å². The molecule has 0 aromatic heterocycles. The predicted molar refractivity (Wildman–Crippen MR) is 91.4 cm³/mol. The number of carbonyl (C=O) groups is 3. The quantitative estimate of drug-likeness (QED) is 0.845. The lowest BCUT2D eigenvalue weighted by molar-refractivity contribution is -0.133. The summed E-state index contributed by atoms with van der Waals surface area (Å²) in [6, 6.07) is 6.50. The first-order chi connectivity index (χ1) is 11.9.